The van der Waals surface area contributed by atoms with E-state index in [4.69, 9.17) is 15.9 Å². The summed E-state index contributed by atoms with van der Waals surface area (Å²) in [7, 11) is 0. The minimum absolute atomic E-state index is 0.0690. The molecular formula is C21H30N4O5. The molecule has 0 saturated carbocycles. The molecule has 1 aromatic rings. The van der Waals surface area contributed by atoms with Crippen LogP contribution in [0.1, 0.15) is 37.3 Å². The van der Waals surface area contributed by atoms with Gasteiger partial charge in [0.1, 0.15) is 17.8 Å². The summed E-state index contributed by atoms with van der Waals surface area (Å²) in [5.41, 5.74) is 6.74. The third kappa shape index (κ3) is 6.55. The number of amides is 2. The van der Waals surface area contributed by atoms with Crippen LogP contribution in [0.25, 0.3) is 0 Å². The largest absolute Gasteiger partial charge is 0.480 e. The van der Waals surface area contributed by atoms with Crippen molar-refractivity contribution in [2.75, 3.05) is 26.3 Å². The minimum Gasteiger partial charge on any atom is -0.480 e. The average Bonchev–Trinajstić information content (AvgIpc) is 2.75. The predicted octanol–water partition coefficient (Wildman–Crippen LogP) is 0.748. The number of nitrogens with one attached hydrogen (secondary N) is 2. The number of nitrogens with zero attached hydrogens (tertiary/aromatic N) is 1. The van der Waals surface area contributed by atoms with E-state index in [2.05, 4.69) is 5.32 Å². The summed E-state index contributed by atoms with van der Waals surface area (Å²) in [6, 6.07) is 5.72. The lowest BCUT2D eigenvalue weighted by Crippen LogP contribution is -2.51. The predicted molar refractivity (Wildman–Crippen MR) is 111 cm³/mol. The zero-order chi connectivity index (χ0) is 22.1. The number of aliphatic carboxylic acids is 1. The molecule has 0 spiro atoms. The lowest BCUT2D eigenvalue weighted by atomic mass is 9.95. The highest BCUT2D eigenvalue weighted by Crippen LogP contribution is 2.16. The quantitative estimate of drug-likeness (QED) is 0.251. The van der Waals surface area contributed by atoms with Gasteiger partial charge in [-0.15, -0.1) is 0 Å². The van der Waals surface area contributed by atoms with E-state index in [0.717, 1.165) is 12.0 Å². The van der Waals surface area contributed by atoms with E-state index < -0.39 is 23.8 Å². The standard InChI is InChI=1S/C21H30N4O5/c1-2-3-4-17(21(28)29)24-19(26)16(20(27)25-9-11-30-12-10-25)13-14-5-7-15(8-6-14)18(22)23/h5-8,16-17H,2-4,9-13H2,1H3,(H3,22,23)(H,24,26)(H,28,29)/t16-,17?/m0/s1. The molecule has 0 bridgehead atoms. The molecule has 1 unspecified atom stereocenters. The maximum absolute atomic E-state index is 13.1. The van der Waals surface area contributed by atoms with E-state index in [1.54, 1.807) is 29.2 Å². The first-order valence-electron chi connectivity index (χ1n) is 10.2. The van der Waals surface area contributed by atoms with Crippen LogP contribution in [0.5, 0.6) is 0 Å². The van der Waals surface area contributed by atoms with Gasteiger partial charge in [-0.25, -0.2) is 4.79 Å². The molecule has 2 amide bonds. The number of benzene rings is 1. The maximum Gasteiger partial charge on any atom is 0.326 e. The molecule has 0 aliphatic carbocycles. The summed E-state index contributed by atoms with van der Waals surface area (Å²) >= 11 is 0. The van der Waals surface area contributed by atoms with Gasteiger partial charge in [0.2, 0.25) is 11.8 Å². The van der Waals surface area contributed by atoms with E-state index in [9.17, 15) is 19.5 Å². The van der Waals surface area contributed by atoms with Crippen molar-refractivity contribution in [2.45, 2.75) is 38.6 Å². The molecule has 0 radical (unpaired) electrons. The number of carbonyl (C=O) groups is 3. The lowest BCUT2D eigenvalue weighted by Gasteiger charge is -2.30. The minimum atomic E-state index is -1.11. The number of carboxylic acid groups (broad SMARTS) is 1. The first-order valence-corrected chi connectivity index (χ1v) is 10.2. The third-order valence-electron chi connectivity index (χ3n) is 5.10. The van der Waals surface area contributed by atoms with Crippen LogP contribution in [0.3, 0.4) is 0 Å². The lowest BCUT2D eigenvalue weighted by molar-refractivity contribution is -0.148. The Bertz CT molecular complexity index is 759. The number of carboxylic acids is 1. The van der Waals surface area contributed by atoms with E-state index in [1.807, 2.05) is 6.92 Å². The molecule has 2 rings (SSSR count). The number of hydrogen-bond acceptors (Lipinski definition) is 5. The maximum atomic E-state index is 13.1. The van der Waals surface area contributed by atoms with Crippen molar-refractivity contribution in [2.24, 2.45) is 11.7 Å². The second kappa shape index (κ2) is 11.3. The van der Waals surface area contributed by atoms with Crippen molar-refractivity contribution in [3.8, 4) is 0 Å². The molecule has 2 atom stereocenters. The second-order valence-corrected chi connectivity index (χ2v) is 7.35. The molecule has 9 nitrogen and oxygen atoms in total. The number of amidine groups is 1. The summed E-state index contributed by atoms with van der Waals surface area (Å²) in [6.07, 6.45) is 1.90. The highest BCUT2D eigenvalue weighted by molar-refractivity contribution is 6.01. The normalized spacial score (nSPS) is 15.8. The molecule has 1 fully saturated rings. The molecule has 1 heterocycles. The summed E-state index contributed by atoms with van der Waals surface area (Å²) in [5.74, 6) is -3.16. The number of unbranched alkanes of at least 4 members (excludes halogenated alkanes) is 1. The van der Waals surface area contributed by atoms with Crippen LogP contribution in [-0.4, -0.2) is 66.0 Å². The summed E-state index contributed by atoms with van der Waals surface area (Å²) in [4.78, 5) is 39.2. The fourth-order valence-corrected chi connectivity index (χ4v) is 3.29. The smallest absolute Gasteiger partial charge is 0.326 e. The zero-order valence-electron chi connectivity index (χ0n) is 17.2. The zero-order valence-corrected chi connectivity index (χ0v) is 17.2. The average molecular weight is 418 g/mol. The molecule has 1 aliphatic heterocycles. The first-order chi connectivity index (χ1) is 14.3. The molecule has 1 saturated heterocycles. The molecule has 5 N–H and O–H groups in total. The molecule has 0 aromatic heterocycles. The molecule has 164 valence electrons. The Morgan fingerprint density at radius 1 is 1.23 bits per heavy atom. The van der Waals surface area contributed by atoms with E-state index in [1.165, 1.54) is 0 Å². The Morgan fingerprint density at radius 2 is 1.87 bits per heavy atom. The highest BCUT2D eigenvalue weighted by Gasteiger charge is 2.34. The highest BCUT2D eigenvalue weighted by atomic mass is 16.5. The van der Waals surface area contributed by atoms with Crippen LogP contribution in [0.2, 0.25) is 0 Å². The van der Waals surface area contributed by atoms with E-state index in [-0.39, 0.29) is 18.2 Å². The molecule has 1 aliphatic rings. The Kier molecular flexibility index (Phi) is 8.79. The van der Waals surface area contributed by atoms with Crippen LogP contribution < -0.4 is 11.1 Å². The monoisotopic (exact) mass is 418 g/mol. The van der Waals surface area contributed by atoms with Crippen molar-refractivity contribution < 1.29 is 24.2 Å². The number of rotatable bonds is 10. The van der Waals surface area contributed by atoms with Crippen LogP contribution in [0, 0.1) is 11.3 Å². The van der Waals surface area contributed by atoms with Crippen LogP contribution in [0.15, 0.2) is 24.3 Å². The van der Waals surface area contributed by atoms with Gasteiger partial charge in [-0.3, -0.25) is 15.0 Å². The Morgan fingerprint density at radius 3 is 2.40 bits per heavy atom. The summed E-state index contributed by atoms with van der Waals surface area (Å²) < 4.78 is 5.28. The Balaban J connectivity index is 2.20. The summed E-state index contributed by atoms with van der Waals surface area (Å²) in [6.45, 7) is 3.54. The number of hydrogen-bond donors (Lipinski definition) is 4. The third-order valence-corrected chi connectivity index (χ3v) is 5.10. The van der Waals surface area contributed by atoms with Gasteiger partial charge in [0.25, 0.3) is 0 Å². The van der Waals surface area contributed by atoms with E-state index >= 15 is 0 Å². The van der Waals surface area contributed by atoms with Gasteiger partial charge in [0.15, 0.2) is 0 Å². The molecule has 1 aromatic carbocycles. The summed E-state index contributed by atoms with van der Waals surface area (Å²) in [5, 5.41) is 19.5. The van der Waals surface area contributed by atoms with Crippen LogP contribution in [-0.2, 0) is 25.5 Å². The first kappa shape index (κ1) is 23.3. The van der Waals surface area contributed by atoms with Crippen molar-refractivity contribution in [1.82, 2.24) is 10.2 Å². The van der Waals surface area contributed by atoms with Gasteiger partial charge in [-0.1, -0.05) is 44.0 Å². The molecule has 9 heteroatoms. The van der Waals surface area contributed by atoms with E-state index in [0.29, 0.717) is 44.7 Å². The number of nitrogens with two attached hydrogens (primary N) is 1. The fourth-order valence-electron chi connectivity index (χ4n) is 3.29. The van der Waals surface area contributed by atoms with Gasteiger partial charge in [0, 0.05) is 18.7 Å². The van der Waals surface area contributed by atoms with Crippen LogP contribution in [0.4, 0.5) is 0 Å². The number of carbonyl (C=O) groups excluding carboxylic acids is 2. The van der Waals surface area contributed by atoms with Crippen molar-refractivity contribution in [3.05, 3.63) is 35.4 Å². The number of ether oxygens (including phenoxy) is 1. The van der Waals surface area contributed by atoms with Gasteiger partial charge < -0.3 is 25.8 Å². The molecular weight excluding hydrogens is 388 g/mol. The Labute approximate surface area is 176 Å². The second-order valence-electron chi connectivity index (χ2n) is 7.35. The van der Waals surface area contributed by atoms with Crippen molar-refractivity contribution in [3.63, 3.8) is 0 Å². The Hall–Kier alpha value is -2.94. The molecule has 30 heavy (non-hydrogen) atoms. The van der Waals surface area contributed by atoms with Gasteiger partial charge in [0.05, 0.1) is 13.2 Å². The van der Waals surface area contributed by atoms with Crippen molar-refractivity contribution in [1.29, 1.82) is 5.41 Å². The van der Waals surface area contributed by atoms with Gasteiger partial charge >= 0.3 is 5.97 Å². The topological polar surface area (TPSA) is 146 Å². The van der Waals surface area contributed by atoms with Gasteiger partial charge in [-0.2, -0.15) is 0 Å². The fraction of sp³-hybridized carbons (Fsp3) is 0.524. The number of nitrogen functional groups attached to an aromatic ring is 1. The number of morpholine rings is 1. The van der Waals surface area contributed by atoms with Gasteiger partial charge in [-0.05, 0) is 18.4 Å². The SMILES string of the molecule is CCCCC(NC(=O)[C@H](Cc1ccc(C(=N)N)cc1)C(=O)N1CCOCC1)C(=O)O. The van der Waals surface area contributed by atoms with Crippen molar-refractivity contribution >= 4 is 23.6 Å². The van der Waals surface area contributed by atoms with Crippen LogP contribution >= 0.6 is 0 Å².